The third-order valence-electron chi connectivity index (χ3n) is 6.22. The maximum Gasteiger partial charge on any atom is 0.258 e. The van der Waals surface area contributed by atoms with Crippen LogP contribution in [0.15, 0.2) is 83.7 Å². The van der Waals surface area contributed by atoms with Gasteiger partial charge in [0.1, 0.15) is 5.75 Å². The lowest BCUT2D eigenvalue weighted by Crippen LogP contribution is -2.35. The second-order valence-corrected chi connectivity index (χ2v) is 8.02. The molecule has 31 heavy (non-hydrogen) atoms. The fourth-order valence-corrected chi connectivity index (χ4v) is 4.78. The summed E-state index contributed by atoms with van der Waals surface area (Å²) in [5.74, 6) is 0.880. The van der Waals surface area contributed by atoms with Crippen molar-refractivity contribution >= 4 is 10.8 Å². The summed E-state index contributed by atoms with van der Waals surface area (Å²) in [5, 5.41) is 5.54. The van der Waals surface area contributed by atoms with Crippen LogP contribution in [0.1, 0.15) is 30.1 Å². The second kappa shape index (κ2) is 8.40. The van der Waals surface area contributed by atoms with Crippen LogP contribution in [-0.4, -0.2) is 11.7 Å². The topological polar surface area (TPSA) is 43.3 Å². The van der Waals surface area contributed by atoms with Crippen LogP contribution in [0.3, 0.4) is 0 Å². The molecule has 0 saturated carbocycles. The Morgan fingerprint density at radius 2 is 1.65 bits per heavy atom. The molecule has 0 amide bonds. The molecule has 1 unspecified atom stereocenters. The Labute approximate surface area is 182 Å². The van der Waals surface area contributed by atoms with E-state index in [-0.39, 0.29) is 11.6 Å². The van der Waals surface area contributed by atoms with Gasteiger partial charge in [-0.2, -0.15) is 0 Å². The minimum atomic E-state index is 0.0891. The van der Waals surface area contributed by atoms with Crippen LogP contribution in [0.25, 0.3) is 21.9 Å². The molecule has 1 N–H and O–H groups in total. The molecule has 1 atom stereocenters. The molecule has 2 heterocycles. The van der Waals surface area contributed by atoms with E-state index in [4.69, 9.17) is 4.74 Å². The number of pyridine rings is 1. The predicted molar refractivity (Wildman–Crippen MR) is 125 cm³/mol. The summed E-state index contributed by atoms with van der Waals surface area (Å²) in [6.07, 6.45) is 1.97. The third-order valence-corrected chi connectivity index (χ3v) is 6.22. The van der Waals surface area contributed by atoms with Crippen molar-refractivity contribution in [3.8, 4) is 16.9 Å². The summed E-state index contributed by atoms with van der Waals surface area (Å²) in [4.78, 5) is 13.4. The highest BCUT2D eigenvalue weighted by molar-refractivity contribution is 5.97. The van der Waals surface area contributed by atoms with E-state index >= 15 is 0 Å². The van der Waals surface area contributed by atoms with E-state index in [1.165, 1.54) is 0 Å². The fourth-order valence-electron chi connectivity index (χ4n) is 4.78. The molecule has 4 nitrogen and oxygen atoms in total. The maximum absolute atomic E-state index is 13.4. The molecule has 0 aliphatic carbocycles. The lowest BCUT2D eigenvalue weighted by Gasteiger charge is -2.31. The summed E-state index contributed by atoms with van der Waals surface area (Å²) < 4.78 is 7.52. The van der Waals surface area contributed by atoms with Crippen LogP contribution in [-0.2, 0) is 13.1 Å². The lowest BCUT2D eigenvalue weighted by molar-refractivity contribution is 0.378. The van der Waals surface area contributed by atoms with Crippen molar-refractivity contribution in [3.05, 3.63) is 100 Å². The van der Waals surface area contributed by atoms with Gasteiger partial charge in [0.05, 0.1) is 7.11 Å². The molecule has 4 aromatic rings. The molecule has 0 saturated heterocycles. The zero-order valence-corrected chi connectivity index (χ0v) is 17.7. The van der Waals surface area contributed by atoms with Gasteiger partial charge in [0.2, 0.25) is 0 Å². The van der Waals surface area contributed by atoms with Gasteiger partial charge in [-0.05, 0) is 35.9 Å². The normalized spacial score (nSPS) is 15.6. The predicted octanol–water partition coefficient (Wildman–Crippen LogP) is 5.30. The third kappa shape index (κ3) is 3.53. The van der Waals surface area contributed by atoms with Crippen LogP contribution in [0.5, 0.6) is 5.75 Å². The van der Waals surface area contributed by atoms with Crippen molar-refractivity contribution in [1.29, 1.82) is 0 Å². The van der Waals surface area contributed by atoms with Crippen LogP contribution < -0.4 is 15.6 Å². The number of para-hydroxylation sites is 1. The Kier molecular flexibility index (Phi) is 5.31. The van der Waals surface area contributed by atoms with Gasteiger partial charge in [0.25, 0.3) is 5.56 Å². The van der Waals surface area contributed by atoms with Gasteiger partial charge in [-0.1, -0.05) is 66.7 Å². The number of rotatable bonds is 5. The Bertz CT molecular complexity index is 1280. The van der Waals surface area contributed by atoms with Gasteiger partial charge < -0.3 is 14.6 Å². The minimum Gasteiger partial charge on any atom is -0.496 e. The molecule has 0 fully saturated rings. The van der Waals surface area contributed by atoms with Gasteiger partial charge >= 0.3 is 0 Å². The van der Waals surface area contributed by atoms with Crippen LogP contribution in [0.4, 0.5) is 0 Å². The quantitative estimate of drug-likeness (QED) is 0.485. The van der Waals surface area contributed by atoms with E-state index in [2.05, 4.69) is 41.7 Å². The van der Waals surface area contributed by atoms with Crippen molar-refractivity contribution in [3.63, 3.8) is 0 Å². The van der Waals surface area contributed by atoms with Crippen molar-refractivity contribution < 1.29 is 4.74 Å². The number of nitrogens with one attached hydrogen (secondary N) is 1. The minimum absolute atomic E-state index is 0.0891. The highest BCUT2D eigenvalue weighted by Gasteiger charge is 2.27. The SMILES string of the molecule is COc1ccccc1CNC1CCCn2c1c(-c1ccccc1)c1ccccc1c2=O. The van der Waals surface area contributed by atoms with Gasteiger partial charge in [-0.15, -0.1) is 0 Å². The summed E-state index contributed by atoms with van der Waals surface area (Å²) in [7, 11) is 1.70. The van der Waals surface area contributed by atoms with Crippen LogP contribution >= 0.6 is 0 Å². The van der Waals surface area contributed by atoms with E-state index in [1.807, 2.05) is 47.0 Å². The molecule has 0 spiro atoms. The molecular weight excluding hydrogens is 384 g/mol. The van der Waals surface area contributed by atoms with Gasteiger partial charge in [0, 0.05) is 41.3 Å². The number of fused-ring (bicyclic) bond motifs is 2. The average Bonchev–Trinajstić information content (AvgIpc) is 2.84. The molecular formula is C27H26N2O2. The van der Waals surface area contributed by atoms with Crippen molar-refractivity contribution in [2.45, 2.75) is 32.0 Å². The van der Waals surface area contributed by atoms with Gasteiger partial charge in [-0.3, -0.25) is 4.79 Å². The maximum atomic E-state index is 13.4. The number of hydrogen-bond donors (Lipinski definition) is 1. The molecule has 156 valence electrons. The Morgan fingerprint density at radius 3 is 2.45 bits per heavy atom. The molecule has 1 aliphatic heterocycles. The van der Waals surface area contributed by atoms with Crippen molar-refractivity contribution in [1.82, 2.24) is 9.88 Å². The number of hydrogen-bond acceptors (Lipinski definition) is 3. The summed E-state index contributed by atoms with van der Waals surface area (Å²) in [6.45, 7) is 1.44. The first-order valence-electron chi connectivity index (χ1n) is 10.8. The molecule has 5 rings (SSSR count). The molecule has 3 aromatic carbocycles. The van der Waals surface area contributed by atoms with Gasteiger partial charge in [0.15, 0.2) is 0 Å². The number of ether oxygens (including phenoxy) is 1. The fraction of sp³-hybridized carbons (Fsp3) is 0.222. The van der Waals surface area contributed by atoms with E-state index in [0.29, 0.717) is 6.54 Å². The Balaban J connectivity index is 1.66. The molecule has 4 heteroatoms. The van der Waals surface area contributed by atoms with Gasteiger partial charge in [-0.25, -0.2) is 0 Å². The second-order valence-electron chi connectivity index (χ2n) is 8.02. The molecule has 1 aliphatic rings. The summed E-state index contributed by atoms with van der Waals surface area (Å²) >= 11 is 0. The van der Waals surface area contributed by atoms with E-state index in [9.17, 15) is 4.79 Å². The van der Waals surface area contributed by atoms with Crippen LogP contribution in [0, 0.1) is 0 Å². The standard InChI is InChI=1S/C27H26N2O2/c1-31-24-16-8-5-12-20(24)18-28-23-15-9-17-29-26(23)25(19-10-3-2-4-11-19)21-13-6-7-14-22(21)27(29)30/h2-8,10-14,16,23,28H,9,15,17-18H2,1H3. The summed E-state index contributed by atoms with van der Waals surface area (Å²) in [6, 6.07) is 26.6. The van der Waals surface area contributed by atoms with Crippen molar-refractivity contribution in [2.75, 3.05) is 7.11 Å². The summed E-state index contributed by atoms with van der Waals surface area (Å²) in [5.41, 5.74) is 4.62. The monoisotopic (exact) mass is 410 g/mol. The van der Waals surface area contributed by atoms with Crippen LogP contribution in [0.2, 0.25) is 0 Å². The number of methoxy groups -OCH3 is 1. The van der Waals surface area contributed by atoms with E-state index in [0.717, 1.165) is 58.3 Å². The lowest BCUT2D eigenvalue weighted by atomic mass is 9.90. The zero-order valence-electron chi connectivity index (χ0n) is 17.7. The first-order chi connectivity index (χ1) is 15.3. The first kappa shape index (κ1) is 19.6. The molecule has 1 aromatic heterocycles. The Morgan fingerprint density at radius 1 is 0.935 bits per heavy atom. The van der Waals surface area contributed by atoms with Crippen molar-refractivity contribution in [2.24, 2.45) is 0 Å². The first-order valence-corrected chi connectivity index (χ1v) is 10.8. The number of aromatic nitrogens is 1. The number of nitrogens with zero attached hydrogens (tertiary/aromatic N) is 1. The molecule has 0 radical (unpaired) electrons. The van der Waals surface area contributed by atoms with E-state index in [1.54, 1.807) is 7.11 Å². The highest BCUT2D eigenvalue weighted by atomic mass is 16.5. The largest absolute Gasteiger partial charge is 0.496 e. The number of benzene rings is 3. The Hall–Kier alpha value is -3.37. The average molecular weight is 411 g/mol. The molecule has 0 bridgehead atoms. The smallest absolute Gasteiger partial charge is 0.258 e. The van der Waals surface area contributed by atoms with E-state index < -0.39 is 0 Å². The zero-order chi connectivity index (χ0) is 21.2. The highest BCUT2D eigenvalue weighted by Crippen LogP contribution is 2.37.